The van der Waals surface area contributed by atoms with Crippen LogP contribution in [0.4, 0.5) is 0 Å². The van der Waals surface area contributed by atoms with Crippen molar-refractivity contribution >= 4 is 17.9 Å². The molecule has 1 unspecified atom stereocenters. The van der Waals surface area contributed by atoms with Crippen LogP contribution in [0.1, 0.15) is 387 Å². The monoisotopic (exact) mass is 1120 g/mol. The zero-order valence-corrected chi connectivity index (χ0v) is 53.9. The summed E-state index contributed by atoms with van der Waals surface area (Å²) in [6.45, 7) is 6.58. The Morgan fingerprint density at radius 2 is 0.487 bits per heavy atom. The summed E-state index contributed by atoms with van der Waals surface area (Å²) in [6, 6.07) is 0. The molecule has 6 nitrogen and oxygen atoms in total. The molecular formula is C74H136O6. The van der Waals surface area contributed by atoms with Crippen molar-refractivity contribution in [2.45, 2.75) is 393 Å². The fraction of sp³-hybridized carbons (Fsp3) is 0.851. The first-order chi connectivity index (χ1) is 39.5. The molecule has 0 aromatic carbocycles. The number of carbonyl (C=O) groups is 3. The highest BCUT2D eigenvalue weighted by atomic mass is 16.6. The lowest BCUT2D eigenvalue weighted by Gasteiger charge is -2.18. The van der Waals surface area contributed by atoms with Crippen LogP contribution in [0.3, 0.4) is 0 Å². The van der Waals surface area contributed by atoms with Gasteiger partial charge in [-0.3, -0.25) is 14.4 Å². The van der Waals surface area contributed by atoms with Gasteiger partial charge >= 0.3 is 17.9 Å². The van der Waals surface area contributed by atoms with E-state index in [1.807, 2.05) is 0 Å². The predicted molar refractivity (Wildman–Crippen MR) is 349 cm³/mol. The quantitative estimate of drug-likeness (QED) is 0.0261. The van der Waals surface area contributed by atoms with E-state index >= 15 is 0 Å². The normalized spacial score (nSPS) is 12.3. The van der Waals surface area contributed by atoms with Gasteiger partial charge in [-0.2, -0.15) is 0 Å². The van der Waals surface area contributed by atoms with Crippen molar-refractivity contribution in [1.82, 2.24) is 0 Å². The van der Waals surface area contributed by atoms with Crippen LogP contribution in [0, 0.1) is 0 Å². The number of esters is 3. The van der Waals surface area contributed by atoms with Gasteiger partial charge in [0.25, 0.3) is 0 Å². The summed E-state index contributed by atoms with van der Waals surface area (Å²) in [5.74, 6) is -0.855. The van der Waals surface area contributed by atoms with E-state index < -0.39 is 6.10 Å². The van der Waals surface area contributed by atoms with Gasteiger partial charge in [0, 0.05) is 19.3 Å². The molecule has 0 bridgehead atoms. The van der Waals surface area contributed by atoms with Gasteiger partial charge in [-0.15, -0.1) is 0 Å². The fourth-order valence-corrected chi connectivity index (χ4v) is 10.8. The topological polar surface area (TPSA) is 78.9 Å². The largest absolute Gasteiger partial charge is 0.462 e. The molecular weight excluding hydrogens is 985 g/mol. The highest BCUT2D eigenvalue weighted by molar-refractivity contribution is 5.71. The molecule has 0 aliphatic heterocycles. The molecule has 0 amide bonds. The van der Waals surface area contributed by atoms with Gasteiger partial charge in [0.15, 0.2) is 6.10 Å². The van der Waals surface area contributed by atoms with Crippen molar-refractivity contribution in [3.63, 3.8) is 0 Å². The minimum Gasteiger partial charge on any atom is -0.462 e. The van der Waals surface area contributed by atoms with Gasteiger partial charge in [0.2, 0.25) is 0 Å². The molecule has 0 aliphatic rings. The van der Waals surface area contributed by atoms with Crippen molar-refractivity contribution in [2.75, 3.05) is 13.2 Å². The Balaban J connectivity index is 4.14. The number of hydrogen-bond donors (Lipinski definition) is 0. The molecule has 0 radical (unpaired) electrons. The molecule has 0 aromatic rings. The van der Waals surface area contributed by atoms with E-state index in [9.17, 15) is 14.4 Å². The summed E-state index contributed by atoms with van der Waals surface area (Å²) in [4.78, 5) is 38.4. The maximum absolute atomic E-state index is 12.9. The van der Waals surface area contributed by atoms with Gasteiger partial charge in [-0.1, -0.05) is 358 Å². The third kappa shape index (κ3) is 66.2. The zero-order chi connectivity index (χ0) is 57.8. The van der Waals surface area contributed by atoms with Crippen LogP contribution in [0.25, 0.3) is 0 Å². The maximum Gasteiger partial charge on any atom is 0.306 e. The third-order valence-electron chi connectivity index (χ3n) is 16.1. The van der Waals surface area contributed by atoms with Crippen LogP contribution in [0.15, 0.2) is 48.6 Å². The maximum atomic E-state index is 12.9. The first kappa shape index (κ1) is 77.4. The second kappa shape index (κ2) is 68.9. The van der Waals surface area contributed by atoms with Crippen molar-refractivity contribution in [2.24, 2.45) is 0 Å². The Kier molecular flexibility index (Phi) is 66.6. The molecule has 1 atom stereocenters. The molecule has 80 heavy (non-hydrogen) atoms. The van der Waals surface area contributed by atoms with Crippen molar-refractivity contribution in [3.05, 3.63) is 48.6 Å². The smallest absolute Gasteiger partial charge is 0.306 e. The number of unbranched alkanes of at least 4 members (excludes halogenated alkanes) is 47. The van der Waals surface area contributed by atoms with E-state index in [0.717, 1.165) is 89.9 Å². The van der Waals surface area contributed by atoms with Crippen LogP contribution in [0.5, 0.6) is 0 Å². The summed E-state index contributed by atoms with van der Waals surface area (Å²) in [6.07, 6.45) is 87.3. The van der Waals surface area contributed by atoms with Crippen molar-refractivity contribution in [1.29, 1.82) is 0 Å². The molecule has 0 aromatic heterocycles. The van der Waals surface area contributed by atoms with Gasteiger partial charge in [-0.05, 0) is 57.8 Å². The first-order valence-electron chi connectivity index (χ1n) is 35.6. The standard InChI is InChI=1S/C74H136O6/c1-4-7-10-13-16-19-22-24-26-28-30-32-33-34-35-36-37-38-39-40-42-43-45-47-49-52-55-58-61-64-67-73(76)79-70-71(69-78-72(75)66-63-60-57-54-51-21-18-15-12-9-6-3)80-74(77)68-65-62-59-56-53-50-48-46-44-41-31-29-27-25-23-20-17-14-11-8-5-2/h8,11,17,20,25,27,31,41,71H,4-7,9-10,12-16,18-19,21-24,26,28-30,32-40,42-70H2,1-3H3/b11-8-,20-17-,27-25-,41-31-. The molecule has 0 aliphatic carbocycles. The van der Waals surface area contributed by atoms with E-state index in [2.05, 4.69) is 69.4 Å². The Morgan fingerprint density at radius 1 is 0.263 bits per heavy atom. The summed E-state index contributed by atoms with van der Waals surface area (Å²) in [7, 11) is 0. The minimum absolute atomic E-state index is 0.0713. The molecule has 0 rings (SSSR count). The number of hydrogen-bond acceptors (Lipinski definition) is 6. The van der Waals surface area contributed by atoms with Crippen molar-refractivity contribution < 1.29 is 28.6 Å². The number of ether oxygens (including phenoxy) is 3. The second-order valence-corrected chi connectivity index (χ2v) is 24.1. The van der Waals surface area contributed by atoms with Gasteiger partial charge < -0.3 is 14.2 Å². The lowest BCUT2D eigenvalue weighted by atomic mass is 10.0. The summed E-state index contributed by atoms with van der Waals surface area (Å²) < 4.78 is 17.0. The van der Waals surface area contributed by atoms with E-state index in [1.54, 1.807) is 0 Å². The highest BCUT2D eigenvalue weighted by Gasteiger charge is 2.19. The van der Waals surface area contributed by atoms with Gasteiger partial charge in [-0.25, -0.2) is 0 Å². The van der Waals surface area contributed by atoms with Gasteiger partial charge in [0.1, 0.15) is 13.2 Å². The molecule has 0 heterocycles. The zero-order valence-electron chi connectivity index (χ0n) is 53.9. The number of rotatable bonds is 66. The number of carbonyl (C=O) groups excluding carboxylic acids is 3. The molecule has 0 saturated carbocycles. The highest BCUT2D eigenvalue weighted by Crippen LogP contribution is 2.19. The molecule has 6 heteroatoms. The molecule has 468 valence electrons. The summed E-state index contributed by atoms with van der Waals surface area (Å²) in [5.41, 5.74) is 0. The van der Waals surface area contributed by atoms with Gasteiger partial charge in [0.05, 0.1) is 0 Å². The Morgan fingerprint density at radius 3 is 0.762 bits per heavy atom. The van der Waals surface area contributed by atoms with E-state index in [1.165, 1.54) is 257 Å². The number of allylic oxidation sites excluding steroid dienone is 8. The third-order valence-corrected chi connectivity index (χ3v) is 16.1. The average molecular weight is 1120 g/mol. The minimum atomic E-state index is -0.775. The second-order valence-electron chi connectivity index (χ2n) is 24.1. The first-order valence-corrected chi connectivity index (χ1v) is 35.6. The SMILES string of the molecule is CC/C=C\C/C=C\C/C=C\C/C=C\CCCCCCCCCCC(=O)OC(COC(=O)CCCCCCCCCCCCC)COC(=O)CCCCCCCCCCCCCCCCCCCCCCCCCCCCCCCC. The molecule has 0 saturated heterocycles. The lowest BCUT2D eigenvalue weighted by molar-refractivity contribution is -0.167. The summed E-state index contributed by atoms with van der Waals surface area (Å²) in [5, 5.41) is 0. The van der Waals surface area contributed by atoms with Crippen molar-refractivity contribution in [3.8, 4) is 0 Å². The van der Waals surface area contributed by atoms with Crippen LogP contribution >= 0.6 is 0 Å². The van der Waals surface area contributed by atoms with E-state index in [4.69, 9.17) is 14.2 Å². The molecule has 0 spiro atoms. The van der Waals surface area contributed by atoms with E-state index in [-0.39, 0.29) is 31.1 Å². The molecule has 0 fully saturated rings. The van der Waals surface area contributed by atoms with E-state index in [0.29, 0.717) is 19.3 Å². The Bertz CT molecular complexity index is 1380. The lowest BCUT2D eigenvalue weighted by Crippen LogP contribution is -2.30. The molecule has 0 N–H and O–H groups in total. The van der Waals surface area contributed by atoms with Crippen LogP contribution in [-0.4, -0.2) is 37.2 Å². The average Bonchev–Trinajstić information content (AvgIpc) is 3.46. The van der Waals surface area contributed by atoms with Crippen LogP contribution in [-0.2, 0) is 28.6 Å². The Hall–Kier alpha value is -2.63. The fourth-order valence-electron chi connectivity index (χ4n) is 10.8. The van der Waals surface area contributed by atoms with Crippen LogP contribution in [0.2, 0.25) is 0 Å². The Labute approximate surface area is 498 Å². The van der Waals surface area contributed by atoms with Crippen LogP contribution < -0.4 is 0 Å². The summed E-state index contributed by atoms with van der Waals surface area (Å²) >= 11 is 0. The predicted octanol–water partition coefficient (Wildman–Crippen LogP) is 24.5.